The van der Waals surface area contributed by atoms with Crippen LogP contribution in [0.5, 0.6) is 5.75 Å². The molecule has 2 aromatic rings. The van der Waals surface area contributed by atoms with E-state index in [4.69, 9.17) is 4.74 Å². The number of methoxy groups -OCH3 is 1. The Morgan fingerprint density at radius 1 is 1.28 bits per heavy atom. The van der Waals surface area contributed by atoms with Crippen molar-refractivity contribution in [2.45, 2.75) is 31.7 Å². The third-order valence-corrected chi connectivity index (χ3v) is 3.89. The molecule has 1 unspecified atom stereocenters. The minimum atomic E-state index is 0.591. The van der Waals surface area contributed by atoms with Gasteiger partial charge in [-0.1, -0.05) is 6.42 Å². The van der Waals surface area contributed by atoms with Crippen LogP contribution in [-0.4, -0.2) is 24.7 Å². The molecule has 3 rings (SSSR count). The first-order valence-electron chi connectivity index (χ1n) is 6.75. The van der Waals surface area contributed by atoms with Crippen LogP contribution in [-0.2, 0) is 6.42 Å². The van der Waals surface area contributed by atoms with Crippen molar-refractivity contribution in [3.05, 3.63) is 30.0 Å². The predicted molar refractivity (Wildman–Crippen MR) is 74.2 cm³/mol. The van der Waals surface area contributed by atoms with E-state index in [-0.39, 0.29) is 0 Å². The average molecular weight is 244 g/mol. The van der Waals surface area contributed by atoms with Crippen molar-refractivity contribution in [1.82, 2.24) is 10.3 Å². The van der Waals surface area contributed by atoms with Crippen molar-refractivity contribution in [3.8, 4) is 5.75 Å². The molecule has 1 aliphatic heterocycles. The largest absolute Gasteiger partial charge is 0.496 e. The number of aromatic amines is 1. The van der Waals surface area contributed by atoms with Gasteiger partial charge in [0.2, 0.25) is 0 Å². The molecular formula is C15H20N2O. The highest BCUT2D eigenvalue weighted by Gasteiger charge is 2.17. The van der Waals surface area contributed by atoms with E-state index >= 15 is 0 Å². The summed E-state index contributed by atoms with van der Waals surface area (Å²) in [5.74, 6) is 1.01. The highest BCUT2D eigenvalue weighted by atomic mass is 16.5. The van der Waals surface area contributed by atoms with Crippen molar-refractivity contribution in [1.29, 1.82) is 0 Å². The first-order valence-corrected chi connectivity index (χ1v) is 6.75. The monoisotopic (exact) mass is 244 g/mol. The van der Waals surface area contributed by atoms with E-state index in [2.05, 4.69) is 28.5 Å². The van der Waals surface area contributed by atoms with Crippen LogP contribution in [0.2, 0.25) is 0 Å². The van der Waals surface area contributed by atoms with Crippen molar-refractivity contribution in [2.75, 3.05) is 13.7 Å². The Balaban J connectivity index is 1.94. The molecule has 1 atom stereocenters. The molecule has 0 aliphatic carbocycles. The second-order valence-electron chi connectivity index (χ2n) is 5.04. The van der Waals surface area contributed by atoms with Gasteiger partial charge in [0, 0.05) is 28.7 Å². The maximum atomic E-state index is 5.52. The van der Waals surface area contributed by atoms with Crippen LogP contribution < -0.4 is 10.1 Å². The zero-order valence-corrected chi connectivity index (χ0v) is 10.8. The molecule has 1 aromatic carbocycles. The van der Waals surface area contributed by atoms with Crippen LogP contribution in [0.4, 0.5) is 0 Å². The topological polar surface area (TPSA) is 37.0 Å². The third-order valence-electron chi connectivity index (χ3n) is 3.89. The zero-order valence-electron chi connectivity index (χ0n) is 10.8. The summed E-state index contributed by atoms with van der Waals surface area (Å²) in [7, 11) is 1.76. The standard InChI is InChI=1S/C15H20N2O/c1-18-15-6-5-14-12(7-9-17-14)13(15)10-11-4-2-3-8-16-11/h5-7,9,11,16-17H,2-4,8,10H2,1H3. The summed E-state index contributed by atoms with van der Waals surface area (Å²) < 4.78 is 5.52. The molecule has 1 fully saturated rings. The van der Waals surface area contributed by atoms with E-state index in [1.54, 1.807) is 7.11 Å². The maximum Gasteiger partial charge on any atom is 0.122 e. The average Bonchev–Trinajstić information content (AvgIpc) is 2.89. The second-order valence-corrected chi connectivity index (χ2v) is 5.04. The van der Waals surface area contributed by atoms with Gasteiger partial charge in [-0.2, -0.15) is 0 Å². The Bertz CT molecular complexity index is 526. The molecule has 1 saturated heterocycles. The number of hydrogen-bond acceptors (Lipinski definition) is 2. The molecule has 3 heteroatoms. The van der Waals surface area contributed by atoms with Crippen LogP contribution in [0.15, 0.2) is 24.4 Å². The van der Waals surface area contributed by atoms with E-state index in [1.165, 1.54) is 35.7 Å². The summed E-state index contributed by atoms with van der Waals surface area (Å²) in [6.45, 7) is 1.15. The maximum absolute atomic E-state index is 5.52. The molecule has 2 N–H and O–H groups in total. The van der Waals surface area contributed by atoms with Crippen LogP contribution in [0.1, 0.15) is 24.8 Å². The highest BCUT2D eigenvalue weighted by Crippen LogP contribution is 2.29. The molecule has 96 valence electrons. The molecule has 0 saturated carbocycles. The van der Waals surface area contributed by atoms with Crippen LogP contribution in [0.3, 0.4) is 0 Å². The number of ether oxygens (including phenoxy) is 1. The number of aromatic nitrogens is 1. The number of rotatable bonds is 3. The van der Waals surface area contributed by atoms with Gasteiger partial charge in [0.1, 0.15) is 5.75 Å². The van der Waals surface area contributed by atoms with Gasteiger partial charge in [0.25, 0.3) is 0 Å². The number of H-pyrrole nitrogens is 1. The quantitative estimate of drug-likeness (QED) is 0.871. The Morgan fingerprint density at radius 3 is 3.00 bits per heavy atom. The lowest BCUT2D eigenvalue weighted by molar-refractivity contribution is 0.383. The predicted octanol–water partition coefficient (Wildman–Crippen LogP) is 2.86. The molecule has 0 spiro atoms. The fourth-order valence-corrected chi connectivity index (χ4v) is 2.92. The van der Waals surface area contributed by atoms with E-state index in [0.717, 1.165) is 18.7 Å². The minimum Gasteiger partial charge on any atom is -0.496 e. The lowest BCUT2D eigenvalue weighted by atomic mass is 9.95. The van der Waals surface area contributed by atoms with Gasteiger partial charge in [-0.05, 0) is 44.0 Å². The van der Waals surface area contributed by atoms with Crippen LogP contribution >= 0.6 is 0 Å². The van der Waals surface area contributed by atoms with Crippen molar-refractivity contribution in [3.63, 3.8) is 0 Å². The molecule has 1 aliphatic rings. The smallest absolute Gasteiger partial charge is 0.122 e. The van der Waals surface area contributed by atoms with E-state index in [0.29, 0.717) is 6.04 Å². The zero-order chi connectivity index (χ0) is 12.4. The lowest BCUT2D eigenvalue weighted by Crippen LogP contribution is -2.35. The fraction of sp³-hybridized carbons (Fsp3) is 0.467. The number of hydrogen-bond donors (Lipinski definition) is 2. The summed E-state index contributed by atoms with van der Waals surface area (Å²) in [4.78, 5) is 3.27. The molecule has 0 bridgehead atoms. The molecule has 18 heavy (non-hydrogen) atoms. The summed E-state index contributed by atoms with van der Waals surface area (Å²) >= 11 is 0. The summed E-state index contributed by atoms with van der Waals surface area (Å²) in [6.07, 6.45) is 6.97. The summed E-state index contributed by atoms with van der Waals surface area (Å²) in [5.41, 5.74) is 2.53. The van der Waals surface area contributed by atoms with Crippen LogP contribution in [0.25, 0.3) is 10.9 Å². The van der Waals surface area contributed by atoms with E-state index in [9.17, 15) is 0 Å². The molecule has 1 aromatic heterocycles. The normalized spacial score (nSPS) is 20.2. The molecule has 0 amide bonds. The first-order chi connectivity index (χ1) is 8.88. The van der Waals surface area contributed by atoms with Gasteiger partial charge in [0.05, 0.1) is 7.11 Å². The number of benzene rings is 1. The van der Waals surface area contributed by atoms with E-state index < -0.39 is 0 Å². The Kier molecular flexibility index (Phi) is 3.24. The number of nitrogens with one attached hydrogen (secondary N) is 2. The van der Waals surface area contributed by atoms with Crippen molar-refractivity contribution >= 4 is 10.9 Å². The summed E-state index contributed by atoms with van der Waals surface area (Å²) in [5, 5.41) is 4.90. The van der Waals surface area contributed by atoms with Gasteiger partial charge in [0.15, 0.2) is 0 Å². The van der Waals surface area contributed by atoms with Gasteiger partial charge in [-0.3, -0.25) is 0 Å². The fourth-order valence-electron chi connectivity index (χ4n) is 2.92. The highest BCUT2D eigenvalue weighted by molar-refractivity contribution is 5.85. The Morgan fingerprint density at radius 2 is 2.22 bits per heavy atom. The summed E-state index contributed by atoms with van der Waals surface area (Å²) in [6, 6.07) is 6.90. The minimum absolute atomic E-state index is 0.591. The van der Waals surface area contributed by atoms with Gasteiger partial charge in [-0.25, -0.2) is 0 Å². The van der Waals surface area contributed by atoms with E-state index in [1.807, 2.05) is 6.20 Å². The Labute approximate surface area is 108 Å². The molecule has 3 nitrogen and oxygen atoms in total. The van der Waals surface area contributed by atoms with Gasteiger partial charge >= 0.3 is 0 Å². The Hall–Kier alpha value is -1.48. The SMILES string of the molecule is COc1ccc2[nH]ccc2c1CC1CCCCN1. The number of piperidine rings is 1. The van der Waals surface area contributed by atoms with Crippen LogP contribution in [0, 0.1) is 0 Å². The second kappa shape index (κ2) is 5.02. The lowest BCUT2D eigenvalue weighted by Gasteiger charge is -2.24. The third kappa shape index (κ3) is 2.10. The molecule has 2 heterocycles. The van der Waals surface area contributed by atoms with Crippen molar-refractivity contribution in [2.24, 2.45) is 0 Å². The van der Waals surface area contributed by atoms with Crippen molar-refractivity contribution < 1.29 is 4.74 Å². The molecular weight excluding hydrogens is 224 g/mol. The number of fused-ring (bicyclic) bond motifs is 1. The van der Waals surface area contributed by atoms with Gasteiger partial charge in [-0.15, -0.1) is 0 Å². The van der Waals surface area contributed by atoms with Gasteiger partial charge < -0.3 is 15.0 Å². The first kappa shape index (κ1) is 11.6. The molecule has 0 radical (unpaired) electrons.